The number of ether oxygens (including phenoxy) is 2. The highest BCUT2D eigenvalue weighted by atomic mass is 35.5. The molecule has 0 amide bonds. The Balaban J connectivity index is 0.00000144. The molecule has 1 heterocycles. The quantitative estimate of drug-likeness (QED) is 0.839. The molecule has 94 valence electrons. The molecule has 6 heteroatoms. The van der Waals surface area contributed by atoms with Gasteiger partial charge in [0.1, 0.15) is 0 Å². The van der Waals surface area contributed by atoms with E-state index in [2.05, 4.69) is 5.10 Å². The van der Waals surface area contributed by atoms with Crippen molar-refractivity contribution in [3.63, 3.8) is 0 Å². The van der Waals surface area contributed by atoms with Gasteiger partial charge in [-0.15, -0.1) is 12.4 Å². The van der Waals surface area contributed by atoms with Crippen LogP contribution in [0.15, 0.2) is 18.3 Å². The monoisotopic (exact) mass is 257 g/mol. The number of aromatic nitrogens is 2. The molecule has 0 saturated heterocycles. The summed E-state index contributed by atoms with van der Waals surface area (Å²) in [5.74, 6) is 1.41. The van der Waals surface area contributed by atoms with Gasteiger partial charge in [0.25, 0.3) is 0 Å². The fourth-order valence-electron chi connectivity index (χ4n) is 1.54. The van der Waals surface area contributed by atoms with Crippen LogP contribution in [0.5, 0.6) is 11.5 Å². The maximum atomic E-state index is 5.24. The fourth-order valence-corrected chi connectivity index (χ4v) is 1.54. The molecule has 0 aliphatic rings. The molecule has 0 aliphatic carbocycles. The van der Waals surface area contributed by atoms with Gasteiger partial charge in [0.05, 0.1) is 25.9 Å². The van der Waals surface area contributed by atoms with Crippen molar-refractivity contribution in [2.75, 3.05) is 33.3 Å². The van der Waals surface area contributed by atoms with Crippen molar-refractivity contribution in [2.45, 2.75) is 0 Å². The Hall–Kier alpha value is -1.62. The lowest BCUT2D eigenvalue weighted by molar-refractivity contribution is 0.356. The summed E-state index contributed by atoms with van der Waals surface area (Å²) in [6.07, 6.45) is 1.94. The lowest BCUT2D eigenvalue weighted by Gasteiger charge is -2.10. The van der Waals surface area contributed by atoms with Crippen molar-refractivity contribution in [3.8, 4) is 11.5 Å². The SMILES string of the molecule is COc1cc2cn(N(C)C)nc2cc1OC.Cl. The zero-order chi connectivity index (χ0) is 11.7. The molecule has 0 fully saturated rings. The summed E-state index contributed by atoms with van der Waals surface area (Å²) >= 11 is 0. The molecule has 0 N–H and O–H groups in total. The molecule has 2 aromatic rings. The Morgan fingerprint density at radius 2 is 1.71 bits per heavy atom. The van der Waals surface area contributed by atoms with Crippen LogP contribution in [-0.4, -0.2) is 38.2 Å². The number of hydrogen-bond acceptors (Lipinski definition) is 4. The molecular formula is C11H16ClN3O2. The third-order valence-electron chi connectivity index (χ3n) is 2.41. The highest BCUT2D eigenvalue weighted by Crippen LogP contribution is 2.31. The minimum absolute atomic E-state index is 0. The minimum Gasteiger partial charge on any atom is -0.493 e. The second-order valence-electron chi connectivity index (χ2n) is 3.66. The van der Waals surface area contributed by atoms with E-state index in [1.54, 1.807) is 19.0 Å². The fraction of sp³-hybridized carbons (Fsp3) is 0.364. The molecule has 0 unspecified atom stereocenters. The standard InChI is InChI=1S/C11H15N3O2.ClH/c1-13(2)14-7-8-5-10(15-3)11(16-4)6-9(8)12-14;/h5-7H,1-4H3;1H. The van der Waals surface area contributed by atoms with Crippen molar-refractivity contribution >= 4 is 23.3 Å². The van der Waals surface area contributed by atoms with Crippen molar-refractivity contribution in [2.24, 2.45) is 0 Å². The first kappa shape index (κ1) is 13.4. The normalized spacial score (nSPS) is 9.88. The van der Waals surface area contributed by atoms with E-state index in [0.29, 0.717) is 11.5 Å². The van der Waals surface area contributed by atoms with Crippen LogP contribution < -0.4 is 14.5 Å². The predicted octanol–water partition coefficient (Wildman–Crippen LogP) is 1.67. The summed E-state index contributed by atoms with van der Waals surface area (Å²) in [6.45, 7) is 0. The molecule has 0 radical (unpaired) electrons. The summed E-state index contributed by atoms with van der Waals surface area (Å²) in [5.41, 5.74) is 0.881. The first-order chi connectivity index (χ1) is 7.65. The number of benzene rings is 1. The lowest BCUT2D eigenvalue weighted by Crippen LogP contribution is -2.24. The zero-order valence-corrected chi connectivity index (χ0v) is 11.1. The molecule has 17 heavy (non-hydrogen) atoms. The smallest absolute Gasteiger partial charge is 0.162 e. The molecule has 0 saturated carbocycles. The van der Waals surface area contributed by atoms with Crippen LogP contribution in [0.4, 0.5) is 0 Å². The van der Waals surface area contributed by atoms with Gasteiger partial charge in [-0.05, 0) is 6.07 Å². The second-order valence-corrected chi connectivity index (χ2v) is 3.66. The summed E-state index contributed by atoms with van der Waals surface area (Å²) in [6, 6.07) is 3.79. The highest BCUT2D eigenvalue weighted by molar-refractivity contribution is 5.85. The van der Waals surface area contributed by atoms with Crippen LogP contribution >= 0.6 is 12.4 Å². The Morgan fingerprint density at radius 1 is 1.12 bits per heavy atom. The maximum absolute atomic E-state index is 5.24. The first-order valence-electron chi connectivity index (χ1n) is 4.94. The number of rotatable bonds is 3. The number of fused-ring (bicyclic) bond motifs is 1. The van der Waals surface area contributed by atoms with Crippen molar-refractivity contribution < 1.29 is 9.47 Å². The van der Waals surface area contributed by atoms with Gasteiger partial charge < -0.3 is 14.5 Å². The first-order valence-corrected chi connectivity index (χ1v) is 4.94. The Labute approximate surface area is 106 Å². The third kappa shape index (κ3) is 2.39. The number of halogens is 1. The topological polar surface area (TPSA) is 39.5 Å². The average Bonchev–Trinajstić information content (AvgIpc) is 2.69. The van der Waals surface area contributed by atoms with E-state index < -0.39 is 0 Å². The summed E-state index contributed by atoms with van der Waals surface area (Å²) in [5, 5.41) is 7.31. The highest BCUT2D eigenvalue weighted by Gasteiger charge is 2.09. The molecule has 0 atom stereocenters. The van der Waals surface area contributed by atoms with Crippen molar-refractivity contribution in [3.05, 3.63) is 18.3 Å². The van der Waals surface area contributed by atoms with Crippen LogP contribution in [0.25, 0.3) is 10.9 Å². The van der Waals surface area contributed by atoms with E-state index >= 15 is 0 Å². The molecular weight excluding hydrogens is 242 g/mol. The molecule has 0 spiro atoms. The molecule has 1 aromatic heterocycles. The molecule has 5 nitrogen and oxygen atoms in total. The van der Waals surface area contributed by atoms with Crippen LogP contribution in [-0.2, 0) is 0 Å². The lowest BCUT2D eigenvalue weighted by atomic mass is 10.2. The van der Waals surface area contributed by atoms with Crippen LogP contribution in [0.2, 0.25) is 0 Å². The van der Waals surface area contributed by atoms with E-state index in [4.69, 9.17) is 9.47 Å². The molecule has 0 aliphatic heterocycles. The molecule has 0 bridgehead atoms. The second kappa shape index (κ2) is 5.14. The Bertz CT molecular complexity index is 470. The zero-order valence-electron chi connectivity index (χ0n) is 10.3. The number of methoxy groups -OCH3 is 2. The Morgan fingerprint density at radius 3 is 2.24 bits per heavy atom. The molecule has 2 rings (SSSR count). The van der Waals surface area contributed by atoms with E-state index in [0.717, 1.165) is 10.9 Å². The maximum Gasteiger partial charge on any atom is 0.162 e. The summed E-state index contributed by atoms with van der Waals surface area (Å²) < 4.78 is 10.5. The van der Waals surface area contributed by atoms with Gasteiger partial charge in [0.15, 0.2) is 11.5 Å². The van der Waals surface area contributed by atoms with E-state index in [1.807, 2.05) is 37.4 Å². The van der Waals surface area contributed by atoms with Gasteiger partial charge in [-0.3, -0.25) is 0 Å². The van der Waals surface area contributed by atoms with Gasteiger partial charge >= 0.3 is 0 Å². The van der Waals surface area contributed by atoms with Crippen LogP contribution in [0, 0.1) is 0 Å². The van der Waals surface area contributed by atoms with Gasteiger partial charge in [-0.2, -0.15) is 9.89 Å². The number of nitrogens with zero attached hydrogens (tertiary/aromatic N) is 3. The Kier molecular flexibility index (Phi) is 4.07. The summed E-state index contributed by atoms with van der Waals surface area (Å²) in [7, 11) is 7.10. The van der Waals surface area contributed by atoms with Crippen LogP contribution in [0.1, 0.15) is 0 Å². The van der Waals surface area contributed by atoms with E-state index in [9.17, 15) is 0 Å². The largest absolute Gasteiger partial charge is 0.493 e. The predicted molar refractivity (Wildman–Crippen MR) is 70.2 cm³/mol. The van der Waals surface area contributed by atoms with Gasteiger partial charge in [-0.25, -0.2) is 0 Å². The van der Waals surface area contributed by atoms with E-state index in [1.165, 1.54) is 0 Å². The summed E-state index contributed by atoms with van der Waals surface area (Å²) in [4.78, 5) is 1.77. The van der Waals surface area contributed by atoms with Gasteiger partial charge in [-0.1, -0.05) is 0 Å². The van der Waals surface area contributed by atoms with Gasteiger partial charge in [0.2, 0.25) is 0 Å². The minimum atomic E-state index is 0. The van der Waals surface area contributed by atoms with E-state index in [-0.39, 0.29) is 12.4 Å². The van der Waals surface area contributed by atoms with Crippen LogP contribution in [0.3, 0.4) is 0 Å². The number of hydrogen-bond donors (Lipinski definition) is 0. The molecule has 1 aromatic carbocycles. The van der Waals surface area contributed by atoms with Gasteiger partial charge in [0, 0.05) is 25.5 Å². The third-order valence-corrected chi connectivity index (χ3v) is 2.41. The van der Waals surface area contributed by atoms with Crippen molar-refractivity contribution in [1.29, 1.82) is 0 Å². The van der Waals surface area contributed by atoms with Crippen molar-refractivity contribution in [1.82, 2.24) is 9.89 Å². The average molecular weight is 258 g/mol.